The largest absolute Gasteiger partial charge is 0.309 e. The summed E-state index contributed by atoms with van der Waals surface area (Å²) in [5.41, 5.74) is 8.71. The number of benzene rings is 2. The van der Waals surface area contributed by atoms with Crippen LogP contribution in [0.5, 0.6) is 0 Å². The Morgan fingerprint density at radius 2 is 1.81 bits per heavy atom. The maximum atomic E-state index is 2.29. The van der Waals surface area contributed by atoms with Crippen LogP contribution in [-0.4, -0.2) is 25.5 Å². The lowest BCUT2D eigenvalue weighted by atomic mass is 9.93. The van der Waals surface area contributed by atoms with E-state index in [4.69, 9.17) is 0 Å². The van der Waals surface area contributed by atoms with Gasteiger partial charge in [0.1, 0.15) is 0 Å². The summed E-state index contributed by atoms with van der Waals surface area (Å²) in [5, 5.41) is 0. The van der Waals surface area contributed by atoms with Crippen LogP contribution in [0, 0.1) is 0 Å². The lowest BCUT2D eigenvalue weighted by Crippen LogP contribution is -2.13. The molecule has 0 heterocycles. The second-order valence-corrected chi connectivity index (χ2v) is 6.03. The third-order valence-corrected chi connectivity index (χ3v) is 4.37. The van der Waals surface area contributed by atoms with E-state index >= 15 is 0 Å². The van der Waals surface area contributed by atoms with Crippen molar-refractivity contribution in [2.45, 2.75) is 19.8 Å². The van der Waals surface area contributed by atoms with E-state index in [9.17, 15) is 0 Å². The Morgan fingerprint density at radius 3 is 2.57 bits per heavy atom. The molecule has 21 heavy (non-hydrogen) atoms. The highest BCUT2D eigenvalue weighted by Crippen LogP contribution is 2.40. The summed E-state index contributed by atoms with van der Waals surface area (Å²) in [6.45, 7) is 3.25. The van der Waals surface area contributed by atoms with Crippen molar-refractivity contribution in [2.75, 3.05) is 20.6 Å². The fraction of sp³-hybridized carbons (Fsp3) is 0.300. The van der Waals surface area contributed by atoms with Crippen molar-refractivity contribution in [2.24, 2.45) is 0 Å². The van der Waals surface area contributed by atoms with E-state index < -0.39 is 0 Å². The van der Waals surface area contributed by atoms with Crippen molar-refractivity contribution in [1.82, 2.24) is 4.90 Å². The summed E-state index contributed by atoms with van der Waals surface area (Å²) in [5.74, 6) is 0. The molecule has 0 saturated carbocycles. The summed E-state index contributed by atoms with van der Waals surface area (Å²) in [7, 11) is 4.27. The molecule has 1 heteroatoms. The summed E-state index contributed by atoms with van der Waals surface area (Å²) < 4.78 is 0. The Kier molecular flexibility index (Phi) is 3.94. The van der Waals surface area contributed by atoms with Gasteiger partial charge in [0.05, 0.1) is 0 Å². The number of nitrogens with zero attached hydrogens (tertiary/aromatic N) is 1. The molecule has 108 valence electrons. The van der Waals surface area contributed by atoms with Crippen LogP contribution < -0.4 is 0 Å². The molecule has 0 spiro atoms. The first-order chi connectivity index (χ1) is 10.2. The molecule has 1 nitrogen and oxygen atoms in total. The zero-order chi connectivity index (χ0) is 14.8. The minimum absolute atomic E-state index is 1.07. The normalized spacial score (nSPS) is 13.4. The van der Waals surface area contributed by atoms with Crippen LogP contribution >= 0.6 is 0 Å². The first-order valence-electron chi connectivity index (χ1n) is 7.71. The Balaban J connectivity index is 2.00. The standard InChI is InChI=1S/C20H23N/c1-4-15(12-13-21(2)3)17-10-7-11-19-18-9-6-5-8-16(18)14-20(17)19/h4-11H,12-14H2,1-3H3. The first-order valence-corrected chi connectivity index (χ1v) is 7.71. The highest BCUT2D eigenvalue weighted by molar-refractivity contribution is 5.83. The van der Waals surface area contributed by atoms with Gasteiger partial charge in [-0.1, -0.05) is 48.5 Å². The molecule has 2 aromatic carbocycles. The van der Waals surface area contributed by atoms with E-state index in [1.165, 1.54) is 33.4 Å². The molecule has 0 bridgehead atoms. The molecule has 0 unspecified atom stereocenters. The quantitative estimate of drug-likeness (QED) is 0.673. The SMILES string of the molecule is CC=C(CCN(C)C)c1cccc2c1Cc1ccccc1-2. The molecule has 0 N–H and O–H groups in total. The van der Waals surface area contributed by atoms with Crippen molar-refractivity contribution in [3.63, 3.8) is 0 Å². The van der Waals surface area contributed by atoms with Crippen LogP contribution in [0.25, 0.3) is 16.7 Å². The molecule has 0 fully saturated rings. The predicted molar refractivity (Wildman–Crippen MR) is 91.5 cm³/mol. The predicted octanol–water partition coefficient (Wildman–Crippen LogP) is 4.61. The van der Waals surface area contributed by atoms with Crippen LogP contribution in [0.2, 0.25) is 0 Å². The highest BCUT2D eigenvalue weighted by Gasteiger charge is 2.21. The van der Waals surface area contributed by atoms with Gasteiger partial charge in [-0.25, -0.2) is 0 Å². The molecule has 0 aliphatic heterocycles. The van der Waals surface area contributed by atoms with Gasteiger partial charge < -0.3 is 4.90 Å². The Bertz CT molecular complexity index is 680. The number of hydrogen-bond acceptors (Lipinski definition) is 1. The van der Waals surface area contributed by atoms with Gasteiger partial charge in [0.2, 0.25) is 0 Å². The molecule has 0 radical (unpaired) electrons. The third kappa shape index (κ3) is 2.66. The molecule has 0 amide bonds. The topological polar surface area (TPSA) is 3.24 Å². The number of rotatable bonds is 4. The summed E-state index contributed by atoms with van der Waals surface area (Å²) in [6.07, 6.45) is 4.46. The monoisotopic (exact) mass is 277 g/mol. The van der Waals surface area contributed by atoms with Gasteiger partial charge in [0.25, 0.3) is 0 Å². The molecule has 0 saturated heterocycles. The maximum absolute atomic E-state index is 2.29. The molecule has 1 aliphatic rings. The Morgan fingerprint density at radius 1 is 1.05 bits per heavy atom. The Labute approximate surface area is 127 Å². The first kappa shape index (κ1) is 14.1. The van der Waals surface area contributed by atoms with Crippen LogP contribution in [-0.2, 0) is 6.42 Å². The van der Waals surface area contributed by atoms with Crippen LogP contribution in [0.1, 0.15) is 30.0 Å². The van der Waals surface area contributed by atoms with E-state index in [1.54, 1.807) is 0 Å². The third-order valence-electron chi connectivity index (χ3n) is 4.37. The van der Waals surface area contributed by atoms with E-state index in [2.05, 4.69) is 74.5 Å². The van der Waals surface area contributed by atoms with Crippen molar-refractivity contribution < 1.29 is 0 Å². The van der Waals surface area contributed by atoms with Crippen LogP contribution in [0.3, 0.4) is 0 Å². The van der Waals surface area contributed by atoms with Crippen molar-refractivity contribution in [1.29, 1.82) is 0 Å². The minimum Gasteiger partial charge on any atom is -0.309 e. The van der Waals surface area contributed by atoms with Crippen LogP contribution in [0.15, 0.2) is 48.5 Å². The molecular formula is C20H23N. The van der Waals surface area contributed by atoms with Gasteiger partial charge in [0, 0.05) is 6.54 Å². The fourth-order valence-corrected chi connectivity index (χ4v) is 3.24. The van der Waals surface area contributed by atoms with E-state index in [0.717, 1.165) is 19.4 Å². The average molecular weight is 277 g/mol. The molecule has 0 atom stereocenters. The second kappa shape index (κ2) is 5.87. The lowest BCUT2D eigenvalue weighted by molar-refractivity contribution is 0.419. The zero-order valence-corrected chi connectivity index (χ0v) is 13.2. The summed E-state index contributed by atoms with van der Waals surface area (Å²) >= 11 is 0. The van der Waals surface area contributed by atoms with E-state index in [1.807, 2.05) is 0 Å². The van der Waals surface area contributed by atoms with Crippen molar-refractivity contribution in [3.8, 4) is 11.1 Å². The zero-order valence-electron chi connectivity index (χ0n) is 13.2. The fourth-order valence-electron chi connectivity index (χ4n) is 3.24. The van der Waals surface area contributed by atoms with Gasteiger partial charge in [-0.2, -0.15) is 0 Å². The molecule has 3 rings (SSSR count). The molecule has 1 aliphatic carbocycles. The van der Waals surface area contributed by atoms with Crippen LogP contribution in [0.4, 0.5) is 0 Å². The minimum atomic E-state index is 1.07. The van der Waals surface area contributed by atoms with Gasteiger partial charge in [0.15, 0.2) is 0 Å². The Hall–Kier alpha value is -1.86. The maximum Gasteiger partial charge on any atom is 0.00158 e. The number of allylic oxidation sites excluding steroid dienone is 1. The van der Waals surface area contributed by atoms with E-state index in [0.29, 0.717) is 0 Å². The van der Waals surface area contributed by atoms with Gasteiger partial charge in [-0.05, 0) is 67.3 Å². The van der Waals surface area contributed by atoms with Crippen molar-refractivity contribution >= 4 is 5.57 Å². The van der Waals surface area contributed by atoms with Crippen molar-refractivity contribution in [3.05, 3.63) is 65.2 Å². The molecular weight excluding hydrogens is 254 g/mol. The summed E-state index contributed by atoms with van der Waals surface area (Å²) in [6, 6.07) is 15.6. The average Bonchev–Trinajstić information content (AvgIpc) is 2.87. The lowest BCUT2D eigenvalue weighted by Gasteiger charge is -2.15. The number of fused-ring (bicyclic) bond motifs is 3. The smallest absolute Gasteiger partial charge is 0.00158 e. The summed E-state index contributed by atoms with van der Waals surface area (Å²) in [4.78, 5) is 2.25. The number of hydrogen-bond donors (Lipinski definition) is 0. The highest BCUT2D eigenvalue weighted by atomic mass is 15.0. The van der Waals surface area contributed by atoms with Gasteiger partial charge >= 0.3 is 0 Å². The second-order valence-electron chi connectivity index (χ2n) is 6.03. The molecule has 0 aromatic heterocycles. The van der Waals surface area contributed by atoms with Gasteiger partial charge in [-0.15, -0.1) is 0 Å². The molecule has 2 aromatic rings. The van der Waals surface area contributed by atoms with E-state index in [-0.39, 0.29) is 0 Å². The van der Waals surface area contributed by atoms with Gasteiger partial charge in [-0.3, -0.25) is 0 Å².